The number of ether oxygens (including phenoxy) is 1. The van der Waals surface area contributed by atoms with Crippen molar-refractivity contribution < 1.29 is 9.53 Å². The largest absolute Gasteiger partial charge is 0.450 e. The van der Waals surface area contributed by atoms with Gasteiger partial charge in [-0.05, 0) is 31.4 Å². The molecule has 0 atom stereocenters. The van der Waals surface area contributed by atoms with Gasteiger partial charge in [0.2, 0.25) is 0 Å². The Hall–Kier alpha value is -2.90. The minimum Gasteiger partial charge on any atom is -0.450 e. The van der Waals surface area contributed by atoms with Crippen LogP contribution in [0.5, 0.6) is 0 Å². The van der Waals surface area contributed by atoms with Crippen molar-refractivity contribution in [3.63, 3.8) is 0 Å². The van der Waals surface area contributed by atoms with Gasteiger partial charge in [-0.2, -0.15) is 0 Å². The predicted molar refractivity (Wildman–Crippen MR) is 98.8 cm³/mol. The third-order valence-electron chi connectivity index (χ3n) is 4.24. The Morgan fingerprint density at radius 3 is 2.85 bits per heavy atom. The molecular formula is C18H24N6O2. The summed E-state index contributed by atoms with van der Waals surface area (Å²) in [6, 6.07) is 6.10. The molecule has 26 heavy (non-hydrogen) atoms. The van der Waals surface area contributed by atoms with E-state index in [2.05, 4.69) is 25.6 Å². The van der Waals surface area contributed by atoms with Gasteiger partial charge in [-0.25, -0.2) is 14.8 Å². The lowest BCUT2D eigenvalue weighted by atomic mass is 10.1. The molecule has 1 saturated heterocycles. The van der Waals surface area contributed by atoms with E-state index >= 15 is 0 Å². The monoisotopic (exact) mass is 356 g/mol. The summed E-state index contributed by atoms with van der Waals surface area (Å²) in [6.45, 7) is 4.26. The van der Waals surface area contributed by atoms with Crippen LogP contribution in [0.2, 0.25) is 0 Å². The zero-order valence-electron chi connectivity index (χ0n) is 14.9. The highest BCUT2D eigenvalue weighted by atomic mass is 16.6. The van der Waals surface area contributed by atoms with Crippen LogP contribution in [0.1, 0.15) is 25.3 Å². The molecule has 3 rings (SSSR count). The molecule has 138 valence electrons. The van der Waals surface area contributed by atoms with Crippen molar-refractivity contribution in [3.8, 4) is 0 Å². The van der Waals surface area contributed by atoms with E-state index in [0.717, 1.165) is 30.0 Å². The lowest BCUT2D eigenvalue weighted by Crippen LogP contribution is -2.42. The minimum atomic E-state index is -0.227. The smallest absolute Gasteiger partial charge is 0.409 e. The molecule has 2 aromatic heterocycles. The summed E-state index contributed by atoms with van der Waals surface area (Å²) in [6.07, 6.45) is 6.62. The molecule has 0 aliphatic carbocycles. The molecule has 1 fully saturated rings. The maximum atomic E-state index is 11.7. The maximum Gasteiger partial charge on any atom is 0.409 e. The van der Waals surface area contributed by atoms with E-state index in [1.807, 2.05) is 31.3 Å². The van der Waals surface area contributed by atoms with Crippen LogP contribution in [0.4, 0.5) is 16.4 Å². The number of likely N-dealkylation sites (tertiary alicyclic amines) is 1. The minimum absolute atomic E-state index is 0.227. The summed E-state index contributed by atoms with van der Waals surface area (Å²) in [7, 11) is 0. The van der Waals surface area contributed by atoms with Gasteiger partial charge in [0.25, 0.3) is 0 Å². The number of hydrogen-bond donors (Lipinski definition) is 2. The second kappa shape index (κ2) is 8.98. The quantitative estimate of drug-likeness (QED) is 0.821. The third kappa shape index (κ3) is 5.05. The van der Waals surface area contributed by atoms with Crippen molar-refractivity contribution in [1.82, 2.24) is 19.9 Å². The number of aromatic nitrogens is 3. The Morgan fingerprint density at radius 2 is 2.12 bits per heavy atom. The standard InChI is InChI=1S/C18H24N6O2/c1-2-26-18(25)24-8-5-15(6-9-24)23-17-10-16(21-13-22-17)20-12-14-4-3-7-19-11-14/h3-4,7,10-11,13,15H,2,5-6,8-9,12H2,1H3,(H2,20,21,22,23). The van der Waals surface area contributed by atoms with Crippen LogP contribution in [-0.2, 0) is 11.3 Å². The molecule has 0 aromatic carbocycles. The van der Waals surface area contributed by atoms with Crippen LogP contribution in [0.15, 0.2) is 36.9 Å². The average molecular weight is 356 g/mol. The molecule has 2 aromatic rings. The number of anilines is 2. The van der Waals surface area contributed by atoms with Crippen LogP contribution >= 0.6 is 0 Å². The highest BCUT2D eigenvalue weighted by Gasteiger charge is 2.23. The van der Waals surface area contributed by atoms with Crippen molar-refractivity contribution in [2.24, 2.45) is 0 Å². The van der Waals surface area contributed by atoms with E-state index < -0.39 is 0 Å². The Morgan fingerprint density at radius 1 is 1.31 bits per heavy atom. The number of nitrogens with zero attached hydrogens (tertiary/aromatic N) is 4. The van der Waals surface area contributed by atoms with E-state index in [1.54, 1.807) is 17.4 Å². The summed E-state index contributed by atoms with van der Waals surface area (Å²) in [5, 5.41) is 6.70. The average Bonchev–Trinajstić information content (AvgIpc) is 2.68. The van der Waals surface area contributed by atoms with Crippen molar-refractivity contribution in [2.45, 2.75) is 32.4 Å². The van der Waals surface area contributed by atoms with Crippen molar-refractivity contribution in [3.05, 3.63) is 42.5 Å². The van der Waals surface area contributed by atoms with Gasteiger partial charge in [0, 0.05) is 44.1 Å². The summed E-state index contributed by atoms with van der Waals surface area (Å²) >= 11 is 0. The van der Waals surface area contributed by atoms with Crippen molar-refractivity contribution in [2.75, 3.05) is 30.3 Å². The molecule has 0 unspecified atom stereocenters. The topological polar surface area (TPSA) is 92.3 Å². The first-order valence-electron chi connectivity index (χ1n) is 8.87. The SMILES string of the molecule is CCOC(=O)N1CCC(Nc2cc(NCc3cccnc3)ncn2)CC1. The molecule has 1 amide bonds. The van der Waals surface area contributed by atoms with E-state index in [-0.39, 0.29) is 12.1 Å². The lowest BCUT2D eigenvalue weighted by molar-refractivity contribution is 0.0983. The molecular weight excluding hydrogens is 332 g/mol. The maximum absolute atomic E-state index is 11.7. The zero-order chi connectivity index (χ0) is 18.2. The van der Waals surface area contributed by atoms with Gasteiger partial charge in [0.15, 0.2) is 0 Å². The Balaban J connectivity index is 1.49. The van der Waals surface area contributed by atoms with Crippen molar-refractivity contribution in [1.29, 1.82) is 0 Å². The third-order valence-corrected chi connectivity index (χ3v) is 4.24. The fourth-order valence-electron chi connectivity index (χ4n) is 2.86. The second-order valence-corrected chi connectivity index (χ2v) is 6.11. The van der Waals surface area contributed by atoms with E-state index in [9.17, 15) is 4.79 Å². The first-order chi connectivity index (χ1) is 12.7. The van der Waals surface area contributed by atoms with Gasteiger partial charge >= 0.3 is 6.09 Å². The van der Waals surface area contributed by atoms with E-state index in [4.69, 9.17) is 4.74 Å². The van der Waals surface area contributed by atoms with Gasteiger partial charge in [-0.1, -0.05) is 6.07 Å². The normalized spacial score (nSPS) is 14.7. The molecule has 0 spiro atoms. The number of pyridine rings is 1. The van der Waals surface area contributed by atoms with Crippen LogP contribution in [0.25, 0.3) is 0 Å². The Kier molecular flexibility index (Phi) is 6.19. The summed E-state index contributed by atoms with van der Waals surface area (Å²) < 4.78 is 5.05. The van der Waals surface area contributed by atoms with Gasteiger partial charge in [0.05, 0.1) is 6.61 Å². The van der Waals surface area contributed by atoms with Gasteiger partial charge in [-0.3, -0.25) is 4.98 Å². The highest BCUT2D eigenvalue weighted by molar-refractivity contribution is 5.67. The summed E-state index contributed by atoms with van der Waals surface area (Å²) in [5.74, 6) is 1.54. The second-order valence-electron chi connectivity index (χ2n) is 6.11. The van der Waals surface area contributed by atoms with Gasteiger partial charge in [-0.15, -0.1) is 0 Å². The molecule has 8 heteroatoms. The molecule has 3 heterocycles. The molecule has 1 aliphatic rings. The van der Waals surface area contributed by atoms with Gasteiger partial charge < -0.3 is 20.3 Å². The number of carbonyl (C=O) groups excluding carboxylic acids is 1. The first kappa shape index (κ1) is 17.9. The molecule has 0 radical (unpaired) electrons. The zero-order valence-corrected chi connectivity index (χ0v) is 14.9. The lowest BCUT2D eigenvalue weighted by Gasteiger charge is -2.31. The predicted octanol–water partition coefficient (Wildman–Crippen LogP) is 2.52. The van der Waals surface area contributed by atoms with Crippen molar-refractivity contribution >= 4 is 17.7 Å². The van der Waals surface area contributed by atoms with E-state index in [0.29, 0.717) is 26.2 Å². The molecule has 8 nitrogen and oxygen atoms in total. The first-order valence-corrected chi connectivity index (χ1v) is 8.87. The van der Waals surface area contributed by atoms with Crippen LogP contribution in [0, 0.1) is 0 Å². The number of nitrogens with one attached hydrogen (secondary N) is 2. The summed E-state index contributed by atoms with van der Waals surface area (Å²) in [4.78, 5) is 26.1. The highest BCUT2D eigenvalue weighted by Crippen LogP contribution is 2.17. The Labute approximate surface area is 153 Å². The number of amides is 1. The molecule has 2 N–H and O–H groups in total. The molecule has 1 aliphatic heterocycles. The number of piperidine rings is 1. The van der Waals surface area contributed by atoms with E-state index in [1.165, 1.54) is 0 Å². The van der Waals surface area contributed by atoms with Gasteiger partial charge in [0.1, 0.15) is 18.0 Å². The fraction of sp³-hybridized carbons (Fsp3) is 0.444. The number of rotatable bonds is 6. The Bertz CT molecular complexity index is 704. The van der Waals surface area contributed by atoms with Crippen LogP contribution in [-0.4, -0.2) is 51.7 Å². The number of carbonyl (C=O) groups is 1. The molecule has 0 saturated carbocycles. The van der Waals surface area contributed by atoms with Crippen LogP contribution < -0.4 is 10.6 Å². The fourth-order valence-corrected chi connectivity index (χ4v) is 2.86. The molecule has 0 bridgehead atoms. The van der Waals surface area contributed by atoms with Crippen LogP contribution in [0.3, 0.4) is 0 Å². The number of hydrogen-bond acceptors (Lipinski definition) is 7. The summed E-state index contributed by atoms with van der Waals surface area (Å²) in [5.41, 5.74) is 1.09.